The lowest BCUT2D eigenvalue weighted by Crippen LogP contribution is -2.38. The van der Waals surface area contributed by atoms with Crippen molar-refractivity contribution in [1.82, 2.24) is 10.6 Å². The third-order valence-corrected chi connectivity index (χ3v) is 7.52. The summed E-state index contributed by atoms with van der Waals surface area (Å²) in [6.07, 6.45) is -0.0681. The summed E-state index contributed by atoms with van der Waals surface area (Å²) in [7, 11) is -3.88. The lowest BCUT2D eigenvalue weighted by molar-refractivity contribution is -0.138. The van der Waals surface area contributed by atoms with Crippen molar-refractivity contribution in [3.05, 3.63) is 94.5 Å². The number of halogens is 1. The summed E-state index contributed by atoms with van der Waals surface area (Å²) in [5.74, 6) is -1.87. The van der Waals surface area contributed by atoms with Crippen molar-refractivity contribution < 1.29 is 28.2 Å². The monoisotopic (exact) mass is 530 g/mol. The highest BCUT2D eigenvalue weighted by atomic mass is 35.5. The van der Waals surface area contributed by atoms with Crippen LogP contribution in [0.4, 0.5) is 0 Å². The third kappa shape index (κ3) is 7.14. The average molecular weight is 531 g/mol. The Morgan fingerprint density at radius 1 is 0.972 bits per heavy atom. The molecule has 0 radical (unpaired) electrons. The Morgan fingerprint density at radius 2 is 1.67 bits per heavy atom. The fourth-order valence-corrected chi connectivity index (χ4v) is 4.93. The summed E-state index contributed by atoms with van der Waals surface area (Å²) < 4.78 is 26.1. The van der Waals surface area contributed by atoms with Gasteiger partial charge in [-0.2, -0.15) is 0 Å². The minimum Gasteiger partial charge on any atom is -0.480 e. The quantitative estimate of drug-likeness (QED) is 0.280. The molecule has 190 valence electrons. The maximum absolute atomic E-state index is 13.1. The molecule has 3 aromatic carbocycles. The summed E-state index contributed by atoms with van der Waals surface area (Å²) in [5, 5.41) is 25.2. The third-order valence-electron chi connectivity index (χ3n) is 5.52. The van der Waals surface area contributed by atoms with E-state index in [1.165, 1.54) is 43.3 Å². The molecule has 4 N–H and O–H groups in total. The molecule has 1 amide bonds. The van der Waals surface area contributed by atoms with Crippen LogP contribution in [0.25, 0.3) is 0 Å². The predicted octanol–water partition coefficient (Wildman–Crippen LogP) is 3.24. The average Bonchev–Trinajstić information content (AvgIpc) is 2.86. The molecular weight excluding hydrogens is 504 g/mol. The van der Waals surface area contributed by atoms with Gasteiger partial charge >= 0.3 is 5.97 Å². The van der Waals surface area contributed by atoms with Gasteiger partial charge in [0.25, 0.3) is 5.91 Å². The highest BCUT2D eigenvalue weighted by Gasteiger charge is 2.21. The van der Waals surface area contributed by atoms with Crippen LogP contribution in [0.5, 0.6) is 0 Å². The molecule has 0 aromatic heterocycles. The molecule has 0 fully saturated rings. The number of carbonyl (C=O) groups is 2. The number of amides is 1. The number of aliphatic hydroxyl groups excluding tert-OH is 1. The van der Waals surface area contributed by atoms with Gasteiger partial charge in [0.15, 0.2) is 0 Å². The number of aliphatic hydroxyl groups is 1. The molecule has 0 saturated carbocycles. The maximum Gasteiger partial charge on any atom is 0.325 e. The van der Waals surface area contributed by atoms with Crippen LogP contribution in [0.1, 0.15) is 34.5 Å². The predicted molar refractivity (Wildman–Crippen MR) is 136 cm³/mol. The molecule has 36 heavy (non-hydrogen) atoms. The van der Waals surface area contributed by atoms with Gasteiger partial charge in [-0.05, 0) is 73.5 Å². The summed E-state index contributed by atoms with van der Waals surface area (Å²) in [6.45, 7) is 2.25. The minimum absolute atomic E-state index is 0.0480. The lowest BCUT2D eigenvalue weighted by atomic mass is 10.1. The first kappa shape index (κ1) is 27.3. The maximum atomic E-state index is 13.1. The van der Waals surface area contributed by atoms with Crippen molar-refractivity contribution in [2.24, 2.45) is 0 Å². The number of hydrogen-bond donors (Lipinski definition) is 4. The summed E-state index contributed by atoms with van der Waals surface area (Å²) >= 11 is 5.95. The molecule has 0 unspecified atom stereocenters. The second kappa shape index (κ2) is 12.1. The van der Waals surface area contributed by atoms with Crippen molar-refractivity contribution in [2.45, 2.75) is 35.3 Å². The number of rotatable bonds is 11. The molecule has 0 aliphatic carbocycles. The van der Waals surface area contributed by atoms with Crippen molar-refractivity contribution in [3.8, 4) is 0 Å². The van der Waals surface area contributed by atoms with Gasteiger partial charge in [0, 0.05) is 17.1 Å². The second-order valence-corrected chi connectivity index (χ2v) is 10.6. The smallest absolute Gasteiger partial charge is 0.325 e. The van der Waals surface area contributed by atoms with Crippen LogP contribution in [-0.2, 0) is 21.1 Å². The Morgan fingerprint density at radius 3 is 2.33 bits per heavy atom. The molecule has 0 bridgehead atoms. The van der Waals surface area contributed by atoms with Crippen LogP contribution in [0.2, 0.25) is 5.02 Å². The summed E-state index contributed by atoms with van der Waals surface area (Å²) in [6, 6.07) is 17.8. The van der Waals surface area contributed by atoms with Crippen LogP contribution >= 0.6 is 11.6 Å². The number of carbonyl (C=O) groups excluding carboxylic acids is 1. The Balaban J connectivity index is 1.59. The van der Waals surface area contributed by atoms with Crippen LogP contribution in [0.3, 0.4) is 0 Å². The van der Waals surface area contributed by atoms with E-state index in [2.05, 4.69) is 10.6 Å². The number of hydrogen-bond acceptors (Lipinski definition) is 6. The van der Waals surface area contributed by atoms with Crippen molar-refractivity contribution >= 4 is 33.3 Å². The normalized spacial score (nSPS) is 13.1. The van der Waals surface area contributed by atoms with E-state index < -0.39 is 33.9 Å². The zero-order valence-corrected chi connectivity index (χ0v) is 21.1. The summed E-state index contributed by atoms with van der Waals surface area (Å²) in [5.41, 5.74) is 1.68. The van der Waals surface area contributed by atoms with E-state index in [-0.39, 0.29) is 15.4 Å². The lowest BCUT2D eigenvalue weighted by Gasteiger charge is -2.13. The zero-order valence-electron chi connectivity index (χ0n) is 19.5. The molecule has 0 saturated heterocycles. The number of carboxylic acids is 1. The molecule has 0 aliphatic rings. The van der Waals surface area contributed by atoms with Gasteiger partial charge in [-0.1, -0.05) is 41.9 Å². The van der Waals surface area contributed by atoms with E-state index in [1.54, 1.807) is 36.4 Å². The first-order chi connectivity index (χ1) is 17.1. The summed E-state index contributed by atoms with van der Waals surface area (Å²) in [4.78, 5) is 23.3. The number of sulfone groups is 1. The molecule has 2 atom stereocenters. The molecule has 0 spiro atoms. The van der Waals surface area contributed by atoms with Crippen LogP contribution < -0.4 is 10.6 Å². The fraction of sp³-hybridized carbons (Fsp3) is 0.231. The largest absolute Gasteiger partial charge is 0.480 e. The Hall–Kier alpha value is -3.24. The van der Waals surface area contributed by atoms with Gasteiger partial charge in [-0.25, -0.2) is 8.42 Å². The number of benzene rings is 3. The molecule has 3 aromatic rings. The molecule has 0 aliphatic heterocycles. The molecule has 3 rings (SSSR count). The molecular formula is C26H27ClN2O6S. The fourth-order valence-electron chi connectivity index (χ4n) is 3.42. The Kier molecular flexibility index (Phi) is 9.22. The molecule has 0 heterocycles. The number of carboxylic acid groups (broad SMARTS) is 1. The Bertz CT molecular complexity index is 1330. The Labute approximate surface area is 214 Å². The van der Waals surface area contributed by atoms with Gasteiger partial charge in [0.1, 0.15) is 6.04 Å². The van der Waals surface area contributed by atoms with Gasteiger partial charge < -0.3 is 20.8 Å². The van der Waals surface area contributed by atoms with Crippen LogP contribution in [0, 0.1) is 0 Å². The van der Waals surface area contributed by atoms with E-state index >= 15 is 0 Å². The topological polar surface area (TPSA) is 133 Å². The second-order valence-electron chi connectivity index (χ2n) is 8.23. The standard InChI is InChI=1S/C26H27ClN2O6S/c1-17(26(32)33)29-25(31)20-5-3-7-23(15-20)36(34,35)22-10-8-18(9-11-22)12-13-28-16-24(30)19-4-2-6-21(27)14-19/h2-11,14-15,17,24,28,30H,12-13,16H2,1H3,(H,29,31)(H,32,33)/t17-,24-/m1/s1. The van der Waals surface area contributed by atoms with E-state index in [1.807, 2.05) is 0 Å². The highest BCUT2D eigenvalue weighted by Crippen LogP contribution is 2.22. The van der Waals surface area contributed by atoms with Gasteiger partial charge in [0.2, 0.25) is 9.84 Å². The van der Waals surface area contributed by atoms with Crippen LogP contribution in [-0.4, -0.2) is 49.6 Å². The van der Waals surface area contributed by atoms with Crippen LogP contribution in [0.15, 0.2) is 82.6 Å². The van der Waals surface area contributed by atoms with E-state index in [0.29, 0.717) is 24.5 Å². The van der Waals surface area contributed by atoms with E-state index in [4.69, 9.17) is 16.7 Å². The highest BCUT2D eigenvalue weighted by molar-refractivity contribution is 7.91. The van der Waals surface area contributed by atoms with E-state index in [9.17, 15) is 23.1 Å². The molecule has 10 heteroatoms. The van der Waals surface area contributed by atoms with Gasteiger partial charge in [0.05, 0.1) is 15.9 Å². The minimum atomic E-state index is -3.88. The van der Waals surface area contributed by atoms with Crippen molar-refractivity contribution in [3.63, 3.8) is 0 Å². The SMILES string of the molecule is C[C@@H](NC(=O)c1cccc(S(=O)(=O)c2ccc(CCNC[C@@H](O)c3cccc(Cl)c3)cc2)c1)C(=O)O. The van der Waals surface area contributed by atoms with E-state index in [0.717, 1.165) is 11.1 Å². The van der Waals surface area contributed by atoms with Gasteiger partial charge in [-0.3, -0.25) is 9.59 Å². The van der Waals surface area contributed by atoms with Crippen molar-refractivity contribution in [1.29, 1.82) is 0 Å². The molecule has 8 nitrogen and oxygen atoms in total. The number of aliphatic carboxylic acids is 1. The van der Waals surface area contributed by atoms with Gasteiger partial charge in [-0.15, -0.1) is 0 Å². The number of nitrogens with one attached hydrogen (secondary N) is 2. The van der Waals surface area contributed by atoms with Crippen molar-refractivity contribution in [2.75, 3.05) is 13.1 Å². The first-order valence-corrected chi connectivity index (χ1v) is 13.1. The zero-order chi connectivity index (χ0) is 26.3. The first-order valence-electron chi connectivity index (χ1n) is 11.2.